The molecule has 0 aliphatic rings. The maximum absolute atomic E-state index is 12.0. The molecule has 0 radical (unpaired) electrons. The maximum atomic E-state index is 12.0. The van der Waals surface area contributed by atoms with Crippen molar-refractivity contribution < 1.29 is 23.5 Å². The van der Waals surface area contributed by atoms with Crippen LogP contribution in [-0.4, -0.2) is 18.5 Å². The van der Waals surface area contributed by atoms with Crippen LogP contribution < -0.4 is 16.2 Å². The first kappa shape index (κ1) is 23.1. The average Bonchev–Trinajstić information content (AvgIpc) is 3.31. The summed E-state index contributed by atoms with van der Waals surface area (Å²) in [6.07, 6.45) is 1.68. The Morgan fingerprint density at radius 1 is 1.00 bits per heavy atom. The van der Waals surface area contributed by atoms with Gasteiger partial charge in [-0.05, 0) is 60.0 Å². The third-order valence-corrected chi connectivity index (χ3v) is 5.47. The van der Waals surface area contributed by atoms with E-state index < -0.39 is 5.91 Å². The molecule has 174 valence electrons. The van der Waals surface area contributed by atoms with E-state index in [-0.39, 0.29) is 25.6 Å². The Morgan fingerprint density at radius 3 is 2.62 bits per heavy atom. The van der Waals surface area contributed by atoms with Gasteiger partial charge in [-0.2, -0.15) is 0 Å². The zero-order valence-electron chi connectivity index (χ0n) is 18.9. The van der Waals surface area contributed by atoms with E-state index in [2.05, 4.69) is 0 Å². The van der Waals surface area contributed by atoms with E-state index in [1.54, 1.807) is 31.4 Å². The van der Waals surface area contributed by atoms with Crippen molar-refractivity contribution in [3.05, 3.63) is 89.2 Å². The van der Waals surface area contributed by atoms with Crippen LogP contribution in [0.5, 0.6) is 5.75 Å². The molecule has 4 rings (SSSR count). The monoisotopic (exact) mass is 458 g/mol. The number of hydrogen-bond donors (Lipinski definition) is 2. The lowest BCUT2D eigenvalue weighted by Gasteiger charge is -2.14. The van der Waals surface area contributed by atoms with Crippen LogP contribution in [0.1, 0.15) is 34.0 Å². The molecule has 3 aromatic carbocycles. The normalized spacial score (nSPS) is 10.9. The van der Waals surface area contributed by atoms with E-state index >= 15 is 0 Å². The molecule has 7 heteroatoms. The minimum absolute atomic E-state index is 0.0279. The number of benzene rings is 3. The standard InChI is InChI=1S/C27H26N2O5/c1-2-32-25(30)14-20-6-7-22(27(29)31)13-24(20)34-16-18-11-21-8-9-33-26(21)23(12-18)19-5-3-4-17(10-19)15-28/h3-13H,2,14-16,28H2,1H3,(H2,29,31). The van der Waals surface area contributed by atoms with E-state index in [0.717, 1.165) is 33.2 Å². The molecule has 0 unspecified atom stereocenters. The molecule has 7 nitrogen and oxygen atoms in total. The third-order valence-electron chi connectivity index (χ3n) is 5.47. The van der Waals surface area contributed by atoms with Gasteiger partial charge < -0.3 is 25.4 Å². The van der Waals surface area contributed by atoms with E-state index in [1.807, 2.05) is 42.5 Å². The molecule has 1 aromatic heterocycles. The number of rotatable bonds is 9. The molecule has 4 N–H and O–H groups in total. The van der Waals surface area contributed by atoms with Crippen LogP contribution in [0.15, 0.2) is 71.3 Å². The molecule has 4 aromatic rings. The molecule has 0 spiro atoms. The van der Waals surface area contributed by atoms with Gasteiger partial charge in [-0.25, -0.2) is 0 Å². The highest BCUT2D eigenvalue weighted by Crippen LogP contribution is 2.32. The van der Waals surface area contributed by atoms with Gasteiger partial charge in [0.05, 0.1) is 19.3 Å². The molecule has 0 saturated heterocycles. The number of ether oxygens (including phenoxy) is 2. The number of esters is 1. The Balaban J connectivity index is 1.66. The second-order valence-electron chi connectivity index (χ2n) is 7.84. The van der Waals surface area contributed by atoms with Crippen molar-refractivity contribution in [3.63, 3.8) is 0 Å². The van der Waals surface area contributed by atoms with Gasteiger partial charge in [-0.15, -0.1) is 0 Å². The van der Waals surface area contributed by atoms with Crippen molar-refractivity contribution in [1.82, 2.24) is 0 Å². The zero-order chi connectivity index (χ0) is 24.1. The Bertz CT molecular complexity index is 1340. The van der Waals surface area contributed by atoms with E-state index in [0.29, 0.717) is 23.4 Å². The first-order chi connectivity index (χ1) is 16.5. The van der Waals surface area contributed by atoms with Crippen LogP contribution in [0, 0.1) is 0 Å². The predicted molar refractivity (Wildman–Crippen MR) is 129 cm³/mol. The molecule has 34 heavy (non-hydrogen) atoms. The third kappa shape index (κ3) is 5.10. The molecule has 1 heterocycles. The molecule has 0 atom stereocenters. The van der Waals surface area contributed by atoms with Crippen molar-refractivity contribution in [3.8, 4) is 16.9 Å². The number of carbonyl (C=O) groups is 2. The Kier molecular flexibility index (Phi) is 6.94. The molecular formula is C27H26N2O5. The van der Waals surface area contributed by atoms with Gasteiger partial charge in [0.15, 0.2) is 0 Å². The Hall–Kier alpha value is -4.10. The average molecular weight is 459 g/mol. The topological polar surface area (TPSA) is 118 Å². The second kappa shape index (κ2) is 10.2. The molecule has 0 aliphatic carbocycles. The summed E-state index contributed by atoms with van der Waals surface area (Å²) in [5.41, 5.74) is 16.8. The highest BCUT2D eigenvalue weighted by atomic mass is 16.5. The molecule has 1 amide bonds. The summed E-state index contributed by atoms with van der Waals surface area (Å²) in [5, 5.41) is 0.937. The lowest BCUT2D eigenvalue weighted by atomic mass is 9.99. The first-order valence-electron chi connectivity index (χ1n) is 11.0. The SMILES string of the molecule is CCOC(=O)Cc1ccc(C(N)=O)cc1OCc1cc(-c2cccc(CN)c2)c2occc2c1. The number of carbonyl (C=O) groups excluding carboxylic acids is 2. The van der Waals surface area contributed by atoms with Gasteiger partial charge in [-0.3, -0.25) is 9.59 Å². The summed E-state index contributed by atoms with van der Waals surface area (Å²) in [6, 6.07) is 18.7. The van der Waals surface area contributed by atoms with E-state index in [9.17, 15) is 9.59 Å². The molecule has 0 saturated carbocycles. The van der Waals surface area contributed by atoms with Crippen LogP contribution in [0.25, 0.3) is 22.1 Å². The van der Waals surface area contributed by atoms with Gasteiger partial charge in [0.25, 0.3) is 0 Å². The summed E-state index contributed by atoms with van der Waals surface area (Å²) in [4.78, 5) is 23.7. The van der Waals surface area contributed by atoms with Gasteiger partial charge in [0.1, 0.15) is 17.9 Å². The van der Waals surface area contributed by atoms with Crippen LogP contribution in [0.4, 0.5) is 0 Å². The molecule has 0 bridgehead atoms. The van der Waals surface area contributed by atoms with Crippen molar-refractivity contribution >= 4 is 22.8 Å². The molecular weight excluding hydrogens is 432 g/mol. The van der Waals surface area contributed by atoms with Crippen LogP contribution in [0.3, 0.4) is 0 Å². The fourth-order valence-corrected chi connectivity index (χ4v) is 3.82. The maximum Gasteiger partial charge on any atom is 0.310 e. The van der Waals surface area contributed by atoms with Crippen LogP contribution in [-0.2, 0) is 29.1 Å². The van der Waals surface area contributed by atoms with Gasteiger partial charge in [-0.1, -0.05) is 24.3 Å². The zero-order valence-corrected chi connectivity index (χ0v) is 18.9. The molecule has 0 fully saturated rings. The smallest absolute Gasteiger partial charge is 0.310 e. The van der Waals surface area contributed by atoms with Crippen molar-refractivity contribution in [1.29, 1.82) is 0 Å². The number of primary amides is 1. The van der Waals surface area contributed by atoms with Crippen molar-refractivity contribution in [2.45, 2.75) is 26.5 Å². The summed E-state index contributed by atoms with van der Waals surface area (Å²) in [7, 11) is 0. The number of fused-ring (bicyclic) bond motifs is 1. The minimum atomic E-state index is -0.575. The van der Waals surface area contributed by atoms with E-state index in [4.69, 9.17) is 25.4 Å². The molecule has 0 aliphatic heterocycles. The summed E-state index contributed by atoms with van der Waals surface area (Å²) in [6.45, 7) is 2.69. The highest BCUT2D eigenvalue weighted by Gasteiger charge is 2.15. The highest BCUT2D eigenvalue weighted by molar-refractivity contribution is 5.94. The van der Waals surface area contributed by atoms with Crippen LogP contribution >= 0.6 is 0 Å². The van der Waals surface area contributed by atoms with Crippen molar-refractivity contribution in [2.24, 2.45) is 11.5 Å². The fourth-order valence-electron chi connectivity index (χ4n) is 3.82. The van der Waals surface area contributed by atoms with Gasteiger partial charge >= 0.3 is 5.97 Å². The number of amides is 1. The largest absolute Gasteiger partial charge is 0.489 e. The second-order valence-corrected chi connectivity index (χ2v) is 7.84. The van der Waals surface area contributed by atoms with Crippen LogP contribution in [0.2, 0.25) is 0 Å². The first-order valence-corrected chi connectivity index (χ1v) is 11.0. The summed E-state index contributed by atoms with van der Waals surface area (Å²) < 4.78 is 16.9. The summed E-state index contributed by atoms with van der Waals surface area (Å²) >= 11 is 0. The fraction of sp³-hybridized carbons (Fsp3) is 0.185. The summed E-state index contributed by atoms with van der Waals surface area (Å²) in [5.74, 6) is -0.543. The van der Waals surface area contributed by atoms with Gasteiger partial charge in [0.2, 0.25) is 5.91 Å². The van der Waals surface area contributed by atoms with E-state index in [1.165, 1.54) is 0 Å². The predicted octanol–water partition coefficient (Wildman–Crippen LogP) is 4.34. The quantitative estimate of drug-likeness (QED) is 0.360. The Labute approximate surface area is 197 Å². The van der Waals surface area contributed by atoms with Gasteiger partial charge in [0, 0.05) is 28.6 Å². The number of nitrogens with two attached hydrogens (primary N) is 2. The van der Waals surface area contributed by atoms with Crippen molar-refractivity contribution in [2.75, 3.05) is 6.61 Å². The lowest BCUT2D eigenvalue weighted by molar-refractivity contribution is -0.142. The minimum Gasteiger partial charge on any atom is -0.489 e. The number of hydrogen-bond acceptors (Lipinski definition) is 6. The lowest BCUT2D eigenvalue weighted by Crippen LogP contribution is -2.13. The Morgan fingerprint density at radius 2 is 1.85 bits per heavy atom. The number of furan rings is 1.